The highest BCUT2D eigenvalue weighted by molar-refractivity contribution is 7.93. The lowest BCUT2D eigenvalue weighted by molar-refractivity contribution is 0.0950. The van der Waals surface area contributed by atoms with Gasteiger partial charge in [0.2, 0.25) is 0 Å². The lowest BCUT2D eigenvalue weighted by atomic mass is 9.66. The molecule has 1 amide bonds. The Morgan fingerprint density at radius 1 is 1.02 bits per heavy atom. The van der Waals surface area contributed by atoms with Crippen LogP contribution >= 0.6 is 11.6 Å². The fourth-order valence-electron chi connectivity index (χ4n) is 6.94. The molecule has 0 aliphatic heterocycles. The summed E-state index contributed by atoms with van der Waals surface area (Å²) in [4.78, 5) is 26.6. The normalized spacial score (nSPS) is 20.3. The average Bonchev–Trinajstić information content (AvgIpc) is 3.67. The number of sulfonamides is 1. The monoisotopic (exact) mass is 632 g/mol. The van der Waals surface area contributed by atoms with E-state index in [1.807, 2.05) is 6.07 Å². The van der Waals surface area contributed by atoms with Gasteiger partial charge in [0.15, 0.2) is 0 Å². The Morgan fingerprint density at radius 2 is 1.68 bits per heavy atom. The Balaban J connectivity index is 1.23. The van der Waals surface area contributed by atoms with Crippen LogP contribution in [0.1, 0.15) is 60.3 Å². The van der Waals surface area contributed by atoms with Crippen LogP contribution in [0.3, 0.4) is 0 Å². The van der Waals surface area contributed by atoms with E-state index in [2.05, 4.69) is 43.4 Å². The largest absolute Gasteiger partial charge is 0.352 e. The fourth-order valence-corrected chi connectivity index (χ4v) is 8.69. The van der Waals surface area contributed by atoms with Crippen molar-refractivity contribution in [3.8, 4) is 5.69 Å². The second kappa shape index (κ2) is 10.7. The summed E-state index contributed by atoms with van der Waals surface area (Å²) in [7, 11) is -1.28. The van der Waals surface area contributed by atoms with Crippen LogP contribution in [-0.4, -0.2) is 37.3 Å². The number of halogens is 1. The summed E-state index contributed by atoms with van der Waals surface area (Å²) in [6.45, 7) is 6.77. The number of nitrogens with zero attached hydrogens (tertiary/aromatic N) is 3. The van der Waals surface area contributed by atoms with Gasteiger partial charge in [-0.15, -0.1) is 0 Å². The first-order chi connectivity index (χ1) is 20.8. The van der Waals surface area contributed by atoms with Crippen molar-refractivity contribution in [1.29, 1.82) is 0 Å². The lowest BCUT2D eigenvalue weighted by Crippen LogP contribution is -2.34. The van der Waals surface area contributed by atoms with Gasteiger partial charge >= 0.3 is 0 Å². The van der Waals surface area contributed by atoms with Crippen LogP contribution in [0.4, 0.5) is 5.69 Å². The van der Waals surface area contributed by atoms with Gasteiger partial charge in [-0.3, -0.25) is 18.6 Å². The Hall–Kier alpha value is -3.82. The maximum Gasteiger partial charge on any atom is 0.296 e. The number of benzene rings is 3. The molecule has 3 aromatic carbocycles. The number of amides is 1. The summed E-state index contributed by atoms with van der Waals surface area (Å²) in [6, 6.07) is 21.9. The number of anilines is 1. The van der Waals surface area contributed by atoms with E-state index >= 15 is 0 Å². The number of nitrogens with one attached hydrogen (secondary N) is 1. The molecule has 0 bridgehead atoms. The number of carbonyl (C=O) groups is 1. The average molecular weight is 633 g/mol. The van der Waals surface area contributed by atoms with Crippen LogP contribution in [0.15, 0.2) is 82.5 Å². The van der Waals surface area contributed by atoms with Crippen LogP contribution in [0, 0.1) is 12.8 Å². The van der Waals surface area contributed by atoms with Crippen molar-refractivity contribution < 1.29 is 13.2 Å². The van der Waals surface area contributed by atoms with Gasteiger partial charge in [-0.05, 0) is 79.0 Å². The molecule has 2 unspecified atom stereocenters. The predicted molar refractivity (Wildman–Crippen MR) is 174 cm³/mol. The number of rotatable bonds is 7. The molecule has 2 aliphatic carbocycles. The van der Waals surface area contributed by atoms with Crippen molar-refractivity contribution in [3.63, 3.8) is 0 Å². The van der Waals surface area contributed by atoms with Crippen molar-refractivity contribution in [3.05, 3.63) is 111 Å². The molecule has 10 heteroatoms. The summed E-state index contributed by atoms with van der Waals surface area (Å²) < 4.78 is 31.8. The van der Waals surface area contributed by atoms with Gasteiger partial charge < -0.3 is 5.32 Å². The van der Waals surface area contributed by atoms with E-state index < -0.39 is 15.6 Å². The topological polar surface area (TPSA) is 93.4 Å². The van der Waals surface area contributed by atoms with Crippen molar-refractivity contribution >= 4 is 33.2 Å². The quantitative estimate of drug-likeness (QED) is 0.282. The Kier molecular flexibility index (Phi) is 7.32. The molecule has 6 rings (SSSR count). The maximum absolute atomic E-state index is 13.9. The molecule has 1 aromatic heterocycles. The third-order valence-electron chi connectivity index (χ3n) is 9.80. The van der Waals surface area contributed by atoms with Gasteiger partial charge in [-0.25, -0.2) is 13.1 Å². The van der Waals surface area contributed by atoms with E-state index in [0.717, 1.165) is 23.6 Å². The van der Waals surface area contributed by atoms with Gasteiger partial charge in [-0.1, -0.05) is 67.9 Å². The Bertz CT molecular complexity index is 1950. The van der Waals surface area contributed by atoms with E-state index in [0.29, 0.717) is 23.8 Å². The minimum absolute atomic E-state index is 0.00255. The zero-order chi connectivity index (χ0) is 31.6. The molecule has 230 valence electrons. The molecule has 2 aliphatic rings. The van der Waals surface area contributed by atoms with Crippen LogP contribution in [0.5, 0.6) is 0 Å². The molecule has 1 heterocycles. The van der Waals surface area contributed by atoms with Crippen molar-refractivity contribution in [2.75, 3.05) is 17.9 Å². The van der Waals surface area contributed by atoms with Crippen molar-refractivity contribution in [1.82, 2.24) is 14.7 Å². The van der Waals surface area contributed by atoms with E-state index in [1.54, 1.807) is 42.9 Å². The van der Waals surface area contributed by atoms with Gasteiger partial charge in [0.1, 0.15) is 10.6 Å². The first-order valence-electron chi connectivity index (χ1n) is 14.8. The third-order valence-corrected chi connectivity index (χ3v) is 12.0. The predicted octanol–water partition coefficient (Wildman–Crippen LogP) is 5.72. The van der Waals surface area contributed by atoms with Crippen molar-refractivity contribution in [2.24, 2.45) is 13.0 Å². The molecule has 1 saturated carbocycles. The highest BCUT2D eigenvalue weighted by Crippen LogP contribution is 2.62. The van der Waals surface area contributed by atoms with Crippen LogP contribution in [0.25, 0.3) is 5.69 Å². The molecule has 4 aromatic rings. The number of carbonyl (C=O) groups excluding carboxylic acids is 1. The molecule has 1 fully saturated rings. The first kappa shape index (κ1) is 30.2. The third kappa shape index (κ3) is 4.77. The highest BCUT2D eigenvalue weighted by Gasteiger charge is 2.58. The summed E-state index contributed by atoms with van der Waals surface area (Å²) in [5.41, 5.74) is 3.75. The number of aromatic nitrogens is 2. The van der Waals surface area contributed by atoms with E-state index in [9.17, 15) is 18.0 Å². The molecule has 1 spiro atoms. The zero-order valence-corrected chi connectivity index (χ0v) is 27.2. The molecule has 44 heavy (non-hydrogen) atoms. The maximum atomic E-state index is 13.9. The first-order valence-corrected chi connectivity index (χ1v) is 16.6. The highest BCUT2D eigenvalue weighted by atomic mass is 35.5. The molecule has 0 radical (unpaired) electrons. The number of hydrogen-bond donors (Lipinski definition) is 1. The number of para-hydroxylation sites is 1. The Morgan fingerprint density at radius 3 is 2.39 bits per heavy atom. The second-order valence-electron chi connectivity index (χ2n) is 12.7. The molecule has 1 N–H and O–H groups in total. The van der Waals surface area contributed by atoms with Gasteiger partial charge in [0.05, 0.1) is 16.4 Å². The summed E-state index contributed by atoms with van der Waals surface area (Å²) in [5.74, 6) is -0.0484. The van der Waals surface area contributed by atoms with Gasteiger partial charge in [0.25, 0.3) is 21.5 Å². The number of hydrogen-bond acceptors (Lipinski definition) is 4. The van der Waals surface area contributed by atoms with Crippen molar-refractivity contribution in [2.45, 2.75) is 55.8 Å². The molecule has 2 atom stereocenters. The lowest BCUT2D eigenvalue weighted by Gasteiger charge is -2.38. The van der Waals surface area contributed by atoms with E-state index in [1.165, 1.54) is 41.1 Å². The van der Waals surface area contributed by atoms with Crippen LogP contribution < -0.4 is 15.2 Å². The van der Waals surface area contributed by atoms with Crippen LogP contribution in [-0.2, 0) is 27.9 Å². The number of fused-ring (bicyclic) bond motifs is 2. The Labute approximate surface area is 263 Å². The van der Waals surface area contributed by atoms with Crippen LogP contribution in [0.2, 0.25) is 5.02 Å². The fraction of sp³-hybridized carbons (Fsp3) is 0.353. The van der Waals surface area contributed by atoms with Gasteiger partial charge in [-0.2, -0.15) is 0 Å². The minimum Gasteiger partial charge on any atom is -0.352 e. The smallest absolute Gasteiger partial charge is 0.296 e. The second-order valence-corrected chi connectivity index (χ2v) is 15.1. The summed E-state index contributed by atoms with van der Waals surface area (Å²) >= 11 is 6.41. The molecule has 0 saturated heterocycles. The molecule has 8 nitrogen and oxygen atoms in total. The SMILES string of the molecule is Cc1c(N(C)S(=O)(=O)c2cc(C(=O)NCC3CC34CCC(C)(C)c3ccccc34)ccc2Cl)c(=O)n(-c2ccccc2)n1C. The molecular formula is C34H37ClN4O4S. The van der Waals surface area contributed by atoms with Gasteiger partial charge in [0, 0.05) is 31.6 Å². The zero-order valence-electron chi connectivity index (χ0n) is 25.6. The molecular weight excluding hydrogens is 596 g/mol. The standard InChI is InChI=1S/C34H37ClN4O4S/c1-22-30(32(41)39(37(22)4)25-11-7-6-8-12-25)38(5)44(42,43)29-19-23(15-16-28(29)35)31(40)36-21-24-20-34(24)18-17-33(2,3)26-13-9-10-14-27(26)34/h6-16,19,24H,17-18,20-21H2,1-5H3,(H,36,40). The van der Waals surface area contributed by atoms with E-state index in [4.69, 9.17) is 11.6 Å². The summed E-state index contributed by atoms with van der Waals surface area (Å²) in [6.07, 6.45) is 3.19. The van der Waals surface area contributed by atoms with E-state index in [-0.39, 0.29) is 37.9 Å². The minimum atomic E-state index is -4.30. The summed E-state index contributed by atoms with van der Waals surface area (Å²) in [5, 5.41) is 3.01.